The van der Waals surface area contributed by atoms with Crippen LogP contribution in [0.5, 0.6) is 5.75 Å². The van der Waals surface area contributed by atoms with Crippen molar-refractivity contribution in [2.75, 3.05) is 5.32 Å². The molecule has 0 heterocycles. The standard InChI is InChI=1S/C16H25NO2/c1-3-4-5-6-7-8-9-16(19)17-14-11-10-13(2)15(18)12-14/h10-12,18H,3-9H2,1-2H3,(H,17,19). The summed E-state index contributed by atoms with van der Waals surface area (Å²) in [5.41, 5.74) is 1.48. The van der Waals surface area contributed by atoms with Gasteiger partial charge in [0.1, 0.15) is 5.75 Å². The summed E-state index contributed by atoms with van der Waals surface area (Å²) in [4.78, 5) is 11.7. The third-order valence-corrected chi connectivity index (χ3v) is 3.25. The predicted octanol–water partition coefficient (Wildman–Crippen LogP) is 4.39. The molecule has 0 bridgehead atoms. The van der Waals surface area contributed by atoms with E-state index in [0.717, 1.165) is 18.4 Å². The summed E-state index contributed by atoms with van der Waals surface area (Å²) in [7, 11) is 0. The molecular weight excluding hydrogens is 238 g/mol. The lowest BCUT2D eigenvalue weighted by Gasteiger charge is -2.07. The quantitative estimate of drug-likeness (QED) is 0.683. The van der Waals surface area contributed by atoms with E-state index in [1.807, 2.05) is 13.0 Å². The molecule has 3 heteroatoms. The number of unbranched alkanes of at least 4 members (excludes halogenated alkanes) is 5. The molecular formula is C16H25NO2. The second-order valence-electron chi connectivity index (χ2n) is 5.07. The molecule has 0 aliphatic rings. The van der Waals surface area contributed by atoms with Crippen molar-refractivity contribution in [3.63, 3.8) is 0 Å². The number of carbonyl (C=O) groups excluding carboxylic acids is 1. The number of phenols is 1. The summed E-state index contributed by atoms with van der Waals surface area (Å²) in [6.07, 6.45) is 7.63. The molecule has 3 nitrogen and oxygen atoms in total. The zero-order valence-corrected chi connectivity index (χ0v) is 12.0. The van der Waals surface area contributed by atoms with E-state index in [1.54, 1.807) is 12.1 Å². The molecule has 0 fully saturated rings. The fourth-order valence-electron chi connectivity index (χ4n) is 1.98. The van der Waals surface area contributed by atoms with E-state index in [1.165, 1.54) is 25.7 Å². The van der Waals surface area contributed by atoms with Crippen molar-refractivity contribution in [1.29, 1.82) is 0 Å². The Balaban J connectivity index is 2.21. The summed E-state index contributed by atoms with van der Waals surface area (Å²) in [5, 5.41) is 12.4. The molecule has 0 aliphatic heterocycles. The first-order valence-electron chi connectivity index (χ1n) is 7.23. The van der Waals surface area contributed by atoms with E-state index in [4.69, 9.17) is 0 Å². The number of carbonyl (C=O) groups is 1. The monoisotopic (exact) mass is 263 g/mol. The average molecular weight is 263 g/mol. The number of aromatic hydroxyl groups is 1. The maximum atomic E-state index is 11.7. The highest BCUT2D eigenvalue weighted by atomic mass is 16.3. The highest BCUT2D eigenvalue weighted by Crippen LogP contribution is 2.21. The van der Waals surface area contributed by atoms with Crippen LogP contribution in [0.3, 0.4) is 0 Å². The number of aryl methyl sites for hydroxylation is 1. The molecule has 1 rings (SSSR count). The maximum absolute atomic E-state index is 11.7. The first kappa shape index (κ1) is 15.5. The molecule has 0 aliphatic carbocycles. The van der Waals surface area contributed by atoms with E-state index in [2.05, 4.69) is 12.2 Å². The topological polar surface area (TPSA) is 49.3 Å². The Morgan fingerprint density at radius 1 is 1.16 bits per heavy atom. The van der Waals surface area contributed by atoms with Crippen molar-refractivity contribution in [3.8, 4) is 5.75 Å². The van der Waals surface area contributed by atoms with Gasteiger partial charge in [-0.15, -0.1) is 0 Å². The van der Waals surface area contributed by atoms with Crippen LogP contribution in [0.15, 0.2) is 18.2 Å². The van der Waals surface area contributed by atoms with Crippen LogP contribution in [-0.2, 0) is 4.79 Å². The lowest BCUT2D eigenvalue weighted by atomic mass is 10.1. The molecule has 1 amide bonds. The zero-order chi connectivity index (χ0) is 14.1. The summed E-state index contributed by atoms with van der Waals surface area (Å²) in [5.74, 6) is 0.246. The van der Waals surface area contributed by atoms with Gasteiger partial charge in [0, 0.05) is 18.2 Å². The van der Waals surface area contributed by atoms with Crippen LogP contribution in [0, 0.1) is 6.92 Å². The Hall–Kier alpha value is -1.51. The minimum absolute atomic E-state index is 0.0266. The fraction of sp³-hybridized carbons (Fsp3) is 0.562. The molecule has 0 spiro atoms. The van der Waals surface area contributed by atoms with E-state index >= 15 is 0 Å². The molecule has 0 radical (unpaired) electrons. The number of hydrogen-bond donors (Lipinski definition) is 2. The number of phenolic OH excluding ortho intramolecular Hbond substituents is 1. The second-order valence-corrected chi connectivity index (χ2v) is 5.07. The summed E-state index contributed by atoms with van der Waals surface area (Å²) >= 11 is 0. The number of benzene rings is 1. The Morgan fingerprint density at radius 3 is 2.53 bits per heavy atom. The normalized spacial score (nSPS) is 10.4. The largest absolute Gasteiger partial charge is 0.508 e. The lowest BCUT2D eigenvalue weighted by molar-refractivity contribution is -0.116. The van der Waals surface area contributed by atoms with Crippen molar-refractivity contribution in [2.45, 2.75) is 58.8 Å². The van der Waals surface area contributed by atoms with Gasteiger partial charge < -0.3 is 10.4 Å². The third-order valence-electron chi connectivity index (χ3n) is 3.25. The van der Waals surface area contributed by atoms with Crippen LogP contribution >= 0.6 is 0 Å². The average Bonchev–Trinajstić information content (AvgIpc) is 2.38. The zero-order valence-electron chi connectivity index (χ0n) is 12.0. The van der Waals surface area contributed by atoms with Gasteiger partial charge in [0.2, 0.25) is 5.91 Å². The Kier molecular flexibility index (Phi) is 7.01. The van der Waals surface area contributed by atoms with Gasteiger partial charge in [-0.25, -0.2) is 0 Å². The highest BCUT2D eigenvalue weighted by Gasteiger charge is 2.04. The summed E-state index contributed by atoms with van der Waals surface area (Å²) in [6, 6.07) is 5.21. The van der Waals surface area contributed by atoms with Crippen molar-refractivity contribution < 1.29 is 9.90 Å². The van der Waals surface area contributed by atoms with Crippen LogP contribution in [-0.4, -0.2) is 11.0 Å². The summed E-state index contributed by atoms with van der Waals surface area (Å²) in [6.45, 7) is 4.03. The molecule has 106 valence electrons. The SMILES string of the molecule is CCCCCCCCC(=O)Nc1ccc(C)c(O)c1. The molecule has 0 unspecified atom stereocenters. The summed E-state index contributed by atoms with van der Waals surface area (Å²) < 4.78 is 0. The van der Waals surface area contributed by atoms with Crippen molar-refractivity contribution >= 4 is 11.6 Å². The number of nitrogens with one attached hydrogen (secondary N) is 1. The van der Waals surface area contributed by atoms with Crippen LogP contribution in [0.4, 0.5) is 5.69 Å². The first-order chi connectivity index (χ1) is 9.13. The maximum Gasteiger partial charge on any atom is 0.224 e. The molecule has 1 aromatic carbocycles. The van der Waals surface area contributed by atoms with Gasteiger partial charge in [-0.3, -0.25) is 4.79 Å². The molecule has 1 aromatic rings. The molecule has 0 saturated carbocycles. The van der Waals surface area contributed by atoms with Crippen LogP contribution < -0.4 is 5.32 Å². The van der Waals surface area contributed by atoms with E-state index in [9.17, 15) is 9.90 Å². The smallest absolute Gasteiger partial charge is 0.224 e. The van der Waals surface area contributed by atoms with Crippen molar-refractivity contribution in [1.82, 2.24) is 0 Å². The number of rotatable bonds is 8. The van der Waals surface area contributed by atoms with Gasteiger partial charge in [-0.05, 0) is 25.0 Å². The Bertz CT molecular complexity index is 402. The minimum atomic E-state index is 0.0266. The molecule has 0 aromatic heterocycles. The Morgan fingerprint density at radius 2 is 1.84 bits per heavy atom. The van der Waals surface area contributed by atoms with Gasteiger partial charge in [-0.1, -0.05) is 45.1 Å². The number of anilines is 1. The van der Waals surface area contributed by atoms with Crippen molar-refractivity contribution in [3.05, 3.63) is 23.8 Å². The fourth-order valence-corrected chi connectivity index (χ4v) is 1.98. The van der Waals surface area contributed by atoms with Crippen LogP contribution in [0.25, 0.3) is 0 Å². The molecule has 0 atom stereocenters. The second kappa shape index (κ2) is 8.57. The highest BCUT2D eigenvalue weighted by molar-refractivity contribution is 5.90. The Labute approximate surface area is 116 Å². The van der Waals surface area contributed by atoms with Crippen LogP contribution in [0.2, 0.25) is 0 Å². The number of hydrogen-bond acceptors (Lipinski definition) is 2. The van der Waals surface area contributed by atoms with Gasteiger partial charge in [0.05, 0.1) is 0 Å². The van der Waals surface area contributed by atoms with Gasteiger partial charge >= 0.3 is 0 Å². The minimum Gasteiger partial charge on any atom is -0.508 e. The first-order valence-corrected chi connectivity index (χ1v) is 7.23. The van der Waals surface area contributed by atoms with Crippen molar-refractivity contribution in [2.24, 2.45) is 0 Å². The van der Waals surface area contributed by atoms with Gasteiger partial charge in [0.15, 0.2) is 0 Å². The predicted molar refractivity (Wildman–Crippen MR) is 79.5 cm³/mol. The molecule has 2 N–H and O–H groups in total. The van der Waals surface area contributed by atoms with E-state index in [0.29, 0.717) is 12.1 Å². The van der Waals surface area contributed by atoms with E-state index in [-0.39, 0.29) is 11.7 Å². The van der Waals surface area contributed by atoms with E-state index < -0.39 is 0 Å². The van der Waals surface area contributed by atoms with Gasteiger partial charge in [0.25, 0.3) is 0 Å². The molecule has 0 saturated heterocycles. The third kappa shape index (κ3) is 6.27. The lowest BCUT2D eigenvalue weighted by Crippen LogP contribution is -2.10. The molecule has 19 heavy (non-hydrogen) atoms. The number of amides is 1. The van der Waals surface area contributed by atoms with Gasteiger partial charge in [-0.2, -0.15) is 0 Å². The van der Waals surface area contributed by atoms with Crippen LogP contribution in [0.1, 0.15) is 57.4 Å².